The maximum Gasteiger partial charge on any atom is 0.158 e. The van der Waals surface area contributed by atoms with Gasteiger partial charge in [-0.1, -0.05) is 0 Å². The number of rotatable bonds is 2. The Balaban J connectivity index is 2.43. The maximum absolute atomic E-state index is 9.71. The van der Waals surface area contributed by atoms with E-state index in [2.05, 4.69) is 21.1 Å². The Kier molecular flexibility index (Phi) is 2.99. The van der Waals surface area contributed by atoms with Crippen molar-refractivity contribution in [3.8, 4) is 11.1 Å². The number of aliphatic hydroxyl groups is 1. The second-order valence-corrected chi connectivity index (χ2v) is 4.97. The van der Waals surface area contributed by atoms with Crippen molar-refractivity contribution in [3.63, 3.8) is 0 Å². The zero-order chi connectivity index (χ0) is 14.3. The molecule has 1 N–H and O–H groups in total. The molecular weight excluding hydrogens is 252 g/mol. The Morgan fingerprint density at radius 3 is 2.70 bits per heavy atom. The lowest BCUT2D eigenvalue weighted by molar-refractivity contribution is 0.281. The number of aliphatic hydroxyl groups excluding tert-OH is 1. The highest BCUT2D eigenvalue weighted by molar-refractivity contribution is 5.94. The number of fused-ring (bicyclic) bond motifs is 1. The lowest BCUT2D eigenvalue weighted by Crippen LogP contribution is -2.01. The van der Waals surface area contributed by atoms with Crippen molar-refractivity contribution in [2.24, 2.45) is 7.05 Å². The topological polar surface area (TPSA) is 63.8 Å². The fourth-order valence-corrected chi connectivity index (χ4v) is 2.52. The first-order valence-electron chi connectivity index (χ1n) is 6.46. The number of pyridine rings is 2. The molecule has 20 heavy (non-hydrogen) atoms. The van der Waals surface area contributed by atoms with Crippen LogP contribution in [0.1, 0.15) is 16.8 Å². The van der Waals surface area contributed by atoms with E-state index in [0.29, 0.717) is 0 Å². The van der Waals surface area contributed by atoms with Crippen molar-refractivity contribution < 1.29 is 5.11 Å². The van der Waals surface area contributed by atoms with Gasteiger partial charge in [-0.3, -0.25) is 9.67 Å². The van der Waals surface area contributed by atoms with Gasteiger partial charge in [-0.05, 0) is 25.5 Å². The Morgan fingerprint density at radius 1 is 1.20 bits per heavy atom. The number of aromatic nitrogens is 4. The van der Waals surface area contributed by atoms with Crippen molar-refractivity contribution in [3.05, 3.63) is 41.5 Å². The summed E-state index contributed by atoms with van der Waals surface area (Å²) in [4.78, 5) is 8.78. The van der Waals surface area contributed by atoms with Crippen molar-refractivity contribution in [2.45, 2.75) is 20.5 Å². The van der Waals surface area contributed by atoms with Gasteiger partial charge in [-0.2, -0.15) is 5.10 Å². The molecule has 0 unspecified atom stereocenters. The summed E-state index contributed by atoms with van der Waals surface area (Å²) in [6.07, 6.45) is 5.42. The van der Waals surface area contributed by atoms with Crippen molar-refractivity contribution in [1.82, 2.24) is 19.7 Å². The van der Waals surface area contributed by atoms with Crippen LogP contribution in [0.3, 0.4) is 0 Å². The molecule has 0 bridgehead atoms. The molecule has 0 radical (unpaired) electrons. The van der Waals surface area contributed by atoms with Gasteiger partial charge < -0.3 is 5.11 Å². The average Bonchev–Trinajstić information content (AvgIpc) is 2.78. The van der Waals surface area contributed by atoms with Gasteiger partial charge in [0.1, 0.15) is 0 Å². The van der Waals surface area contributed by atoms with Crippen molar-refractivity contribution in [1.29, 1.82) is 0 Å². The normalized spacial score (nSPS) is 11.2. The minimum atomic E-state index is -0.0487. The molecule has 102 valence electrons. The zero-order valence-electron chi connectivity index (χ0n) is 11.8. The predicted molar refractivity (Wildman–Crippen MR) is 77.1 cm³/mol. The molecule has 0 aliphatic rings. The van der Waals surface area contributed by atoms with Crippen LogP contribution in [0, 0.1) is 13.8 Å². The van der Waals surface area contributed by atoms with Crippen molar-refractivity contribution >= 4 is 11.0 Å². The van der Waals surface area contributed by atoms with Gasteiger partial charge in [-0.15, -0.1) is 0 Å². The first kappa shape index (κ1) is 12.7. The lowest BCUT2D eigenvalue weighted by atomic mass is 9.97. The van der Waals surface area contributed by atoms with E-state index < -0.39 is 0 Å². The van der Waals surface area contributed by atoms with Gasteiger partial charge in [-0.25, -0.2) is 4.98 Å². The molecular formula is C15H16N4O. The maximum atomic E-state index is 9.71. The van der Waals surface area contributed by atoms with Crippen LogP contribution in [0.2, 0.25) is 0 Å². The van der Waals surface area contributed by atoms with E-state index >= 15 is 0 Å². The predicted octanol–water partition coefficient (Wildman–Crippen LogP) is 2.14. The third-order valence-electron chi connectivity index (χ3n) is 3.51. The Bertz CT molecular complexity index is 792. The third-order valence-corrected chi connectivity index (χ3v) is 3.51. The summed E-state index contributed by atoms with van der Waals surface area (Å²) < 4.78 is 1.75. The summed E-state index contributed by atoms with van der Waals surface area (Å²) >= 11 is 0. The van der Waals surface area contributed by atoms with E-state index in [-0.39, 0.29) is 6.61 Å². The van der Waals surface area contributed by atoms with Gasteiger partial charge in [0.05, 0.1) is 12.8 Å². The average molecular weight is 268 g/mol. The summed E-state index contributed by atoms with van der Waals surface area (Å²) in [6.45, 7) is 3.86. The minimum absolute atomic E-state index is 0.0487. The molecule has 5 nitrogen and oxygen atoms in total. The molecule has 0 amide bonds. The SMILES string of the molecule is Cc1cncc(-c2c(CO)c(C)nc3c2cnn3C)c1. The van der Waals surface area contributed by atoms with Crippen LogP contribution < -0.4 is 0 Å². The highest BCUT2D eigenvalue weighted by atomic mass is 16.3. The van der Waals surface area contributed by atoms with Crippen LogP contribution in [0.25, 0.3) is 22.2 Å². The standard InChI is InChI=1S/C15H16N4O/c1-9-4-11(6-16-5-9)14-12-7-17-19(3)15(12)18-10(2)13(14)8-20/h4-7,20H,8H2,1-3H3. The number of nitrogens with zero attached hydrogens (tertiary/aromatic N) is 4. The Hall–Kier alpha value is -2.27. The van der Waals surface area contributed by atoms with Crippen LogP contribution in [0.5, 0.6) is 0 Å². The van der Waals surface area contributed by atoms with Crippen LogP contribution in [-0.4, -0.2) is 24.9 Å². The molecule has 0 spiro atoms. The van der Waals surface area contributed by atoms with E-state index in [1.807, 2.05) is 33.3 Å². The number of hydrogen-bond donors (Lipinski definition) is 1. The Morgan fingerprint density at radius 2 is 2.00 bits per heavy atom. The summed E-state index contributed by atoms with van der Waals surface area (Å²) in [6, 6.07) is 2.06. The van der Waals surface area contributed by atoms with Crippen molar-refractivity contribution in [2.75, 3.05) is 0 Å². The van der Waals surface area contributed by atoms with Gasteiger partial charge in [0.25, 0.3) is 0 Å². The lowest BCUT2D eigenvalue weighted by Gasteiger charge is -2.12. The smallest absolute Gasteiger partial charge is 0.158 e. The fourth-order valence-electron chi connectivity index (χ4n) is 2.52. The van der Waals surface area contributed by atoms with Crippen LogP contribution >= 0.6 is 0 Å². The molecule has 3 rings (SSSR count). The fraction of sp³-hybridized carbons (Fsp3) is 0.267. The highest BCUT2D eigenvalue weighted by Gasteiger charge is 2.16. The molecule has 0 aromatic carbocycles. The summed E-state index contributed by atoms with van der Waals surface area (Å²) in [5.41, 5.74) is 5.50. The van der Waals surface area contributed by atoms with Crippen LogP contribution in [0.4, 0.5) is 0 Å². The largest absolute Gasteiger partial charge is 0.392 e. The van der Waals surface area contributed by atoms with E-state index in [4.69, 9.17) is 0 Å². The monoisotopic (exact) mass is 268 g/mol. The van der Waals surface area contributed by atoms with Gasteiger partial charge in [0.2, 0.25) is 0 Å². The third kappa shape index (κ3) is 1.87. The highest BCUT2D eigenvalue weighted by Crippen LogP contribution is 2.32. The van der Waals surface area contributed by atoms with E-state index in [1.54, 1.807) is 10.9 Å². The molecule has 3 aromatic heterocycles. The first-order valence-corrected chi connectivity index (χ1v) is 6.46. The molecule has 0 atom stereocenters. The molecule has 0 fully saturated rings. The molecule has 3 aromatic rings. The number of aryl methyl sites for hydroxylation is 3. The molecule has 0 saturated heterocycles. The van der Waals surface area contributed by atoms with E-state index in [1.165, 1.54) is 0 Å². The quantitative estimate of drug-likeness (QED) is 0.773. The van der Waals surface area contributed by atoms with Crippen LogP contribution in [-0.2, 0) is 13.7 Å². The second-order valence-electron chi connectivity index (χ2n) is 4.97. The Labute approximate surface area is 116 Å². The molecule has 5 heteroatoms. The first-order chi connectivity index (χ1) is 9.61. The van der Waals surface area contributed by atoms with Crippen LogP contribution in [0.15, 0.2) is 24.7 Å². The summed E-state index contributed by atoms with van der Waals surface area (Å²) in [5, 5.41) is 14.9. The second kappa shape index (κ2) is 4.68. The molecule has 0 saturated carbocycles. The van der Waals surface area contributed by atoms with E-state index in [9.17, 15) is 5.11 Å². The van der Waals surface area contributed by atoms with Gasteiger partial charge in [0.15, 0.2) is 5.65 Å². The number of hydrogen-bond acceptors (Lipinski definition) is 4. The van der Waals surface area contributed by atoms with Gasteiger partial charge >= 0.3 is 0 Å². The zero-order valence-corrected chi connectivity index (χ0v) is 11.8. The molecule has 3 heterocycles. The molecule has 0 aliphatic heterocycles. The van der Waals surface area contributed by atoms with Gasteiger partial charge in [0, 0.05) is 47.2 Å². The summed E-state index contributed by atoms with van der Waals surface area (Å²) in [7, 11) is 1.87. The molecule has 0 aliphatic carbocycles. The van der Waals surface area contributed by atoms with E-state index in [0.717, 1.165) is 39.0 Å². The minimum Gasteiger partial charge on any atom is -0.392 e. The summed E-state index contributed by atoms with van der Waals surface area (Å²) in [5.74, 6) is 0.